The zero-order valence-corrected chi connectivity index (χ0v) is 36.3. The van der Waals surface area contributed by atoms with Gasteiger partial charge in [0.15, 0.2) is 0 Å². The van der Waals surface area contributed by atoms with Gasteiger partial charge >= 0.3 is 34.9 Å². The molecule has 2 nitrogen and oxygen atoms in total. The number of hydrogen-bond acceptors (Lipinski definition) is 2. The molecule has 0 amide bonds. The van der Waals surface area contributed by atoms with Crippen molar-refractivity contribution in [3.63, 3.8) is 0 Å². The summed E-state index contributed by atoms with van der Waals surface area (Å²) in [5.41, 5.74) is 11.3. The average Bonchev–Trinajstić information content (AvgIpc) is 3.73. The Morgan fingerprint density at radius 1 is 0.549 bits per heavy atom. The van der Waals surface area contributed by atoms with Crippen LogP contribution in [-0.2, 0) is 47.9 Å². The van der Waals surface area contributed by atoms with Crippen molar-refractivity contribution in [1.29, 1.82) is 0 Å². The maximum absolute atomic E-state index is 2.75. The molecule has 51 heavy (non-hydrogen) atoms. The van der Waals surface area contributed by atoms with Gasteiger partial charge in [0.25, 0.3) is 0 Å². The quantitative estimate of drug-likeness (QED) is 0.175. The minimum atomic E-state index is 0.209. The molecule has 6 aromatic carbocycles. The Morgan fingerprint density at radius 3 is 1.10 bits per heavy atom. The molecule has 2 N–H and O–H groups in total. The third-order valence-corrected chi connectivity index (χ3v) is 8.56. The van der Waals surface area contributed by atoms with Gasteiger partial charge in [0.2, 0.25) is 0 Å². The Balaban J connectivity index is 0.000000287. The molecule has 0 unspecified atom stereocenters. The number of benzene rings is 4. The van der Waals surface area contributed by atoms with Gasteiger partial charge < -0.3 is 10.6 Å². The third-order valence-electron chi connectivity index (χ3n) is 8.56. The van der Waals surface area contributed by atoms with E-state index < -0.39 is 0 Å². The first-order valence-electron chi connectivity index (χ1n) is 18.4. The van der Waals surface area contributed by atoms with Crippen molar-refractivity contribution in [2.24, 2.45) is 0 Å². The molecular weight excluding hydrogens is 696 g/mol. The molecule has 0 bridgehead atoms. The molecule has 0 aliphatic carbocycles. The fourth-order valence-corrected chi connectivity index (χ4v) is 5.80. The summed E-state index contributed by atoms with van der Waals surface area (Å²) in [5.74, 6) is 0. The summed E-state index contributed by atoms with van der Waals surface area (Å²) in [6.07, 6.45) is 2.19. The van der Waals surface area contributed by atoms with Crippen LogP contribution in [-0.4, -0.2) is 31.9 Å². The Morgan fingerprint density at radius 2 is 0.843 bits per heavy atom. The molecule has 0 aromatic heterocycles. The second-order valence-corrected chi connectivity index (χ2v) is 16.4. The first-order chi connectivity index (χ1) is 24.2. The SMILES string of the molecule is CCc1cc2c(-c3ccc(C(C)(C)C)cc3)cccc2[cH-]1.CCc1cc2c(-c3ccc(C(C)(C)C)cc3)cccc2[cH-]1.CNC.CNC.C[CH]=[Zr+2]. The van der Waals surface area contributed by atoms with Gasteiger partial charge in [-0.1, -0.05) is 127 Å². The predicted molar refractivity (Wildman–Crippen MR) is 228 cm³/mol. The van der Waals surface area contributed by atoms with E-state index in [1.54, 1.807) is 0 Å². The van der Waals surface area contributed by atoms with E-state index in [1.165, 1.54) is 90.3 Å². The monoisotopic (exact) mass is 758 g/mol. The van der Waals surface area contributed by atoms with Crippen molar-refractivity contribution in [2.45, 2.75) is 86.0 Å². The Hall–Kier alpha value is -3.23. The van der Waals surface area contributed by atoms with Gasteiger partial charge in [0.1, 0.15) is 0 Å². The Labute approximate surface area is 326 Å². The van der Waals surface area contributed by atoms with Crippen molar-refractivity contribution in [2.75, 3.05) is 28.2 Å². The molecule has 0 radical (unpaired) electrons. The van der Waals surface area contributed by atoms with E-state index in [4.69, 9.17) is 0 Å². The van der Waals surface area contributed by atoms with E-state index in [2.05, 4.69) is 179 Å². The van der Waals surface area contributed by atoms with Crippen LogP contribution in [0.4, 0.5) is 0 Å². The molecule has 0 fully saturated rings. The summed E-state index contributed by atoms with van der Waals surface area (Å²) in [4.78, 5) is 0. The summed E-state index contributed by atoms with van der Waals surface area (Å²) in [6.45, 7) is 20.0. The van der Waals surface area contributed by atoms with Crippen molar-refractivity contribution in [3.05, 3.63) is 131 Å². The van der Waals surface area contributed by atoms with E-state index in [9.17, 15) is 0 Å². The molecule has 0 spiro atoms. The van der Waals surface area contributed by atoms with Crippen LogP contribution < -0.4 is 10.6 Å². The third kappa shape index (κ3) is 13.0. The summed E-state index contributed by atoms with van der Waals surface area (Å²) in [7, 11) is 7.50. The predicted octanol–water partition coefficient (Wildman–Crippen LogP) is 12.2. The molecule has 3 heteroatoms. The fraction of sp³-hybridized carbons (Fsp3) is 0.354. The van der Waals surface area contributed by atoms with E-state index in [0.717, 1.165) is 12.8 Å². The summed E-state index contributed by atoms with van der Waals surface area (Å²) < 4.78 is 2.09. The summed E-state index contributed by atoms with van der Waals surface area (Å²) in [6, 6.07) is 40.6. The van der Waals surface area contributed by atoms with Crippen LogP contribution in [0.2, 0.25) is 0 Å². The molecule has 0 atom stereocenters. The molecule has 6 rings (SSSR count). The molecule has 6 aromatic rings. The standard InChI is InChI=1S/2C21H23.2C2H7N.C2H4.Zr/c2*1-5-15-13-17-7-6-8-19(20(17)14-15)16-9-11-18(12-10-16)21(2,3)4;2*1-3-2;1-2;/h2*6-14H,5H2,1-4H3;2*3H,1-2H3;1H,2H3;/q2*-1;;;;+2. The van der Waals surface area contributed by atoms with E-state index >= 15 is 0 Å². The number of aryl methyl sites for hydroxylation is 2. The molecule has 0 saturated carbocycles. The van der Waals surface area contributed by atoms with Gasteiger partial charge in [-0.15, -0.1) is 69.1 Å². The van der Waals surface area contributed by atoms with E-state index in [1.807, 2.05) is 35.1 Å². The Kier molecular flexibility index (Phi) is 18.4. The normalized spacial score (nSPS) is 10.9. The molecular formula is C48H64N2Zr. The van der Waals surface area contributed by atoms with Crippen LogP contribution >= 0.6 is 0 Å². The second-order valence-electron chi connectivity index (χ2n) is 15.0. The second kappa shape index (κ2) is 21.3. The van der Waals surface area contributed by atoms with Gasteiger partial charge in [-0.2, -0.15) is 12.1 Å². The van der Waals surface area contributed by atoms with E-state index in [0.29, 0.717) is 0 Å². The maximum atomic E-state index is 2.75. The molecule has 0 aliphatic heterocycles. The van der Waals surface area contributed by atoms with Gasteiger partial charge in [-0.25, -0.2) is 0 Å². The van der Waals surface area contributed by atoms with Crippen molar-refractivity contribution in [1.82, 2.24) is 10.6 Å². The zero-order valence-electron chi connectivity index (χ0n) is 33.9. The van der Waals surface area contributed by atoms with Crippen LogP contribution in [0, 0.1) is 0 Å². The topological polar surface area (TPSA) is 24.1 Å². The fourth-order valence-electron chi connectivity index (χ4n) is 5.80. The van der Waals surface area contributed by atoms with Gasteiger partial charge in [0.05, 0.1) is 0 Å². The van der Waals surface area contributed by atoms with Gasteiger partial charge in [-0.3, -0.25) is 0 Å². The number of hydrogen-bond donors (Lipinski definition) is 2. The van der Waals surface area contributed by atoms with E-state index in [-0.39, 0.29) is 10.8 Å². The Bertz CT molecular complexity index is 1730. The number of nitrogens with one attached hydrogen (secondary N) is 2. The van der Waals surface area contributed by atoms with Crippen molar-refractivity contribution < 1.29 is 24.2 Å². The number of rotatable bonds is 4. The zero-order chi connectivity index (χ0) is 38.2. The van der Waals surface area contributed by atoms with Crippen LogP contribution in [0.25, 0.3) is 43.8 Å². The van der Waals surface area contributed by atoms with Crippen molar-refractivity contribution in [3.8, 4) is 22.3 Å². The summed E-state index contributed by atoms with van der Waals surface area (Å²) in [5, 5.41) is 10.9. The molecule has 0 saturated heterocycles. The summed E-state index contributed by atoms with van der Waals surface area (Å²) >= 11 is 1.51. The van der Waals surface area contributed by atoms with Crippen LogP contribution in [0.15, 0.2) is 109 Å². The van der Waals surface area contributed by atoms with Crippen LogP contribution in [0.5, 0.6) is 0 Å². The number of fused-ring (bicyclic) bond motifs is 2. The molecule has 270 valence electrons. The first-order valence-corrected chi connectivity index (χ1v) is 19.8. The van der Waals surface area contributed by atoms with Gasteiger partial charge in [-0.05, 0) is 74.1 Å². The molecule has 0 heterocycles. The first kappa shape index (κ1) is 43.9. The minimum absolute atomic E-state index is 0.209. The molecule has 0 aliphatic rings. The van der Waals surface area contributed by atoms with Crippen LogP contribution in [0.1, 0.15) is 84.6 Å². The van der Waals surface area contributed by atoms with Gasteiger partial charge in [0, 0.05) is 0 Å². The van der Waals surface area contributed by atoms with Crippen molar-refractivity contribution >= 4 is 25.3 Å². The van der Waals surface area contributed by atoms with Crippen LogP contribution in [0.3, 0.4) is 0 Å². The average molecular weight is 760 g/mol.